The van der Waals surface area contributed by atoms with Crippen molar-refractivity contribution in [2.45, 2.75) is 5.41 Å². The molecule has 0 unspecified atom stereocenters. The van der Waals surface area contributed by atoms with Gasteiger partial charge in [-0.05, 0) is 162 Å². The predicted octanol–water partition coefficient (Wildman–Crippen LogP) is 19.6. The minimum atomic E-state index is -0.892. The molecule has 2 nitrogen and oxygen atoms in total. The van der Waals surface area contributed by atoms with Crippen LogP contribution in [0.1, 0.15) is 22.3 Å². The molecule has 0 bridgehead atoms. The number of fused-ring (bicyclic) bond motifs is 8. The van der Waals surface area contributed by atoms with Crippen molar-refractivity contribution in [2.24, 2.45) is 0 Å². The Bertz CT molecular complexity index is 3770. The Balaban J connectivity index is 1.18. The first-order valence-corrected chi connectivity index (χ1v) is 25.9. The van der Waals surface area contributed by atoms with Crippen LogP contribution in [0.5, 0.6) is 0 Å². The highest BCUT2D eigenvalue weighted by Gasteiger charge is 2.52. The third-order valence-electron chi connectivity index (χ3n) is 15.5. The second-order valence-electron chi connectivity index (χ2n) is 19.6. The molecule has 0 N–H and O–H groups in total. The molecule has 0 fully saturated rings. The Hall–Kier alpha value is -9.76. The molecule has 2 aliphatic rings. The molecule has 1 spiro atoms. The monoisotopic (exact) mass is 954 g/mol. The lowest BCUT2D eigenvalue weighted by molar-refractivity contribution is 0.720. The number of para-hydroxylation sites is 2. The highest BCUT2D eigenvalue weighted by Crippen LogP contribution is 2.65. The number of hydrogen-bond donors (Lipinski definition) is 0. The van der Waals surface area contributed by atoms with Crippen LogP contribution in [0, 0.1) is 0 Å². The standard InChI is InChI=1S/C73H50N2/c1-7-23-51(24-8-1)55-39-43-69-65(47-55)73(67-49-57(41-45-71(67)74(69)59-31-15-5-16-32-59)63-37-21-19-35-61(63)53-27-11-3-12-28-53)66-48-56(52-25-9-2-10-26-52)40-44-70(66)75(60-33-17-6-18-34-60)72-46-42-58(50-68(72)73)64-38-22-20-36-62(64)54-29-13-4-14-30-54/h1-50H. The van der Waals surface area contributed by atoms with E-state index in [0.29, 0.717) is 0 Å². The maximum atomic E-state index is 2.54. The highest BCUT2D eigenvalue weighted by atomic mass is 15.2. The number of hydrogen-bond acceptors (Lipinski definition) is 2. The molecule has 12 aromatic rings. The van der Waals surface area contributed by atoms with Gasteiger partial charge in [0.05, 0.1) is 28.2 Å². The van der Waals surface area contributed by atoms with Gasteiger partial charge in [0.25, 0.3) is 0 Å². The Morgan fingerprint density at radius 1 is 0.187 bits per heavy atom. The van der Waals surface area contributed by atoms with Crippen LogP contribution in [0.25, 0.3) is 66.8 Å². The van der Waals surface area contributed by atoms with Gasteiger partial charge in [-0.15, -0.1) is 0 Å². The fraction of sp³-hybridized carbons (Fsp3) is 0.0137. The van der Waals surface area contributed by atoms with E-state index in [2.05, 4.69) is 313 Å². The summed E-state index contributed by atoms with van der Waals surface area (Å²) in [6, 6.07) is 112. The summed E-state index contributed by atoms with van der Waals surface area (Å²) >= 11 is 0. The van der Waals surface area contributed by atoms with Gasteiger partial charge in [0.15, 0.2) is 0 Å². The largest absolute Gasteiger partial charge is 0.310 e. The fourth-order valence-corrected chi connectivity index (χ4v) is 12.1. The quantitative estimate of drug-likeness (QED) is 0.150. The van der Waals surface area contributed by atoms with Crippen LogP contribution in [0.3, 0.4) is 0 Å². The van der Waals surface area contributed by atoms with Crippen molar-refractivity contribution >= 4 is 34.1 Å². The molecule has 2 aliphatic heterocycles. The van der Waals surface area contributed by atoms with E-state index in [4.69, 9.17) is 0 Å². The summed E-state index contributed by atoms with van der Waals surface area (Å²) in [5.74, 6) is 0. The molecule has 0 amide bonds. The highest BCUT2D eigenvalue weighted by molar-refractivity contribution is 6.00. The minimum Gasteiger partial charge on any atom is -0.310 e. The third-order valence-corrected chi connectivity index (χ3v) is 15.5. The molecule has 0 saturated carbocycles. The van der Waals surface area contributed by atoms with Crippen LogP contribution >= 0.6 is 0 Å². The Morgan fingerprint density at radius 2 is 0.427 bits per heavy atom. The van der Waals surface area contributed by atoms with Gasteiger partial charge < -0.3 is 9.80 Å². The van der Waals surface area contributed by atoms with Crippen LogP contribution in [-0.2, 0) is 5.41 Å². The zero-order chi connectivity index (χ0) is 49.7. The Labute approximate surface area is 439 Å². The van der Waals surface area contributed by atoms with Crippen molar-refractivity contribution in [1.29, 1.82) is 0 Å². The molecule has 2 heteroatoms. The SMILES string of the molecule is c1ccc(-c2ccc3c(c2)C2(c4cc(-c5ccccc5)ccc4N(c4ccccc4)c4ccc(-c5ccccc5-c5ccccc5)cc42)c2cc(-c4ccccc4-c4ccccc4)ccc2N3c2ccccc2)cc1. The summed E-state index contributed by atoms with van der Waals surface area (Å²) in [6.07, 6.45) is 0. The molecule has 12 aromatic carbocycles. The fourth-order valence-electron chi connectivity index (χ4n) is 12.1. The van der Waals surface area contributed by atoms with Gasteiger partial charge in [0.2, 0.25) is 0 Å². The van der Waals surface area contributed by atoms with Crippen LogP contribution in [0.4, 0.5) is 34.1 Å². The lowest BCUT2D eigenvalue weighted by Gasteiger charge is -2.52. The Kier molecular flexibility index (Phi) is 10.8. The van der Waals surface area contributed by atoms with Gasteiger partial charge in [0, 0.05) is 11.4 Å². The second-order valence-corrected chi connectivity index (χ2v) is 19.6. The van der Waals surface area contributed by atoms with Crippen LogP contribution in [-0.4, -0.2) is 0 Å². The first-order valence-electron chi connectivity index (χ1n) is 25.9. The molecule has 2 heterocycles. The molecule has 0 saturated heterocycles. The number of nitrogens with zero attached hydrogens (tertiary/aromatic N) is 2. The van der Waals surface area contributed by atoms with E-state index in [0.717, 1.165) is 56.4 Å². The lowest BCUT2D eigenvalue weighted by Crippen LogP contribution is -2.42. The molecule has 75 heavy (non-hydrogen) atoms. The van der Waals surface area contributed by atoms with E-state index >= 15 is 0 Å². The second kappa shape index (κ2) is 18.4. The smallest absolute Gasteiger partial charge is 0.0783 e. The molecule has 0 atom stereocenters. The predicted molar refractivity (Wildman–Crippen MR) is 314 cm³/mol. The average Bonchev–Trinajstić information content (AvgIpc) is 3.61. The lowest BCUT2D eigenvalue weighted by atomic mass is 9.59. The third kappa shape index (κ3) is 7.33. The van der Waals surface area contributed by atoms with E-state index < -0.39 is 5.41 Å². The van der Waals surface area contributed by atoms with Crippen molar-refractivity contribution < 1.29 is 0 Å². The van der Waals surface area contributed by atoms with Gasteiger partial charge in [-0.3, -0.25) is 0 Å². The van der Waals surface area contributed by atoms with Crippen LogP contribution in [0.15, 0.2) is 303 Å². The van der Waals surface area contributed by atoms with E-state index in [1.54, 1.807) is 0 Å². The summed E-state index contributed by atoms with van der Waals surface area (Å²) in [6.45, 7) is 0. The molecule has 14 rings (SSSR count). The number of rotatable bonds is 8. The van der Waals surface area contributed by atoms with E-state index in [1.165, 1.54) is 66.8 Å². The van der Waals surface area contributed by atoms with Crippen molar-refractivity contribution in [3.63, 3.8) is 0 Å². The van der Waals surface area contributed by atoms with Gasteiger partial charge in [-0.2, -0.15) is 0 Å². The van der Waals surface area contributed by atoms with Crippen LogP contribution < -0.4 is 9.80 Å². The first-order chi connectivity index (χ1) is 37.2. The van der Waals surface area contributed by atoms with Crippen molar-refractivity contribution in [3.05, 3.63) is 326 Å². The summed E-state index contributed by atoms with van der Waals surface area (Å²) in [7, 11) is 0. The summed E-state index contributed by atoms with van der Waals surface area (Å²) in [4.78, 5) is 5.02. The topological polar surface area (TPSA) is 6.48 Å². The van der Waals surface area contributed by atoms with Gasteiger partial charge in [-0.25, -0.2) is 0 Å². The van der Waals surface area contributed by atoms with E-state index in [-0.39, 0.29) is 0 Å². The molecular formula is C73H50N2. The minimum absolute atomic E-state index is 0.892. The van der Waals surface area contributed by atoms with Gasteiger partial charge >= 0.3 is 0 Å². The molecule has 0 aliphatic carbocycles. The first kappa shape index (κ1) is 44.0. The van der Waals surface area contributed by atoms with Crippen molar-refractivity contribution in [1.82, 2.24) is 0 Å². The van der Waals surface area contributed by atoms with E-state index in [9.17, 15) is 0 Å². The number of benzene rings is 12. The Morgan fingerprint density at radius 3 is 0.747 bits per heavy atom. The maximum Gasteiger partial charge on any atom is 0.0783 e. The normalized spacial score (nSPS) is 12.9. The summed E-state index contributed by atoms with van der Waals surface area (Å²) in [5.41, 5.74) is 24.8. The van der Waals surface area contributed by atoms with Gasteiger partial charge in [-0.1, -0.05) is 231 Å². The molecule has 0 aromatic heterocycles. The van der Waals surface area contributed by atoms with Gasteiger partial charge in [0.1, 0.15) is 0 Å². The summed E-state index contributed by atoms with van der Waals surface area (Å²) in [5, 5.41) is 0. The van der Waals surface area contributed by atoms with Crippen molar-refractivity contribution in [2.75, 3.05) is 9.80 Å². The maximum absolute atomic E-state index is 2.54. The zero-order valence-electron chi connectivity index (χ0n) is 41.3. The molecule has 352 valence electrons. The molecule has 0 radical (unpaired) electrons. The van der Waals surface area contributed by atoms with Crippen molar-refractivity contribution in [3.8, 4) is 66.8 Å². The average molecular weight is 955 g/mol. The number of anilines is 6. The van der Waals surface area contributed by atoms with Crippen LogP contribution in [0.2, 0.25) is 0 Å². The zero-order valence-corrected chi connectivity index (χ0v) is 41.3. The van der Waals surface area contributed by atoms with E-state index in [1.807, 2.05) is 0 Å². The summed E-state index contributed by atoms with van der Waals surface area (Å²) < 4.78 is 0. The molecular weight excluding hydrogens is 905 g/mol.